The average Bonchev–Trinajstić information content (AvgIpc) is 2.72. The summed E-state index contributed by atoms with van der Waals surface area (Å²) in [5, 5.41) is 3.38. The highest BCUT2D eigenvalue weighted by Gasteiger charge is 2.22. The van der Waals surface area contributed by atoms with Crippen LogP contribution in [0, 0.1) is 19.9 Å². The molecule has 3 nitrogen and oxygen atoms in total. The highest BCUT2D eigenvalue weighted by Crippen LogP contribution is 2.26. The van der Waals surface area contributed by atoms with Crippen molar-refractivity contribution < 1.29 is 0 Å². The second kappa shape index (κ2) is 4.41. The first-order chi connectivity index (χ1) is 8.72. The molecule has 0 atom stereocenters. The van der Waals surface area contributed by atoms with Gasteiger partial charge in [-0.25, -0.2) is 9.97 Å². The highest BCUT2D eigenvalue weighted by molar-refractivity contribution is 5.43. The minimum absolute atomic E-state index is 0.406. The fourth-order valence-electron chi connectivity index (χ4n) is 2.54. The van der Waals surface area contributed by atoms with Crippen LogP contribution in [0.5, 0.6) is 0 Å². The largest absolute Gasteiger partial charge is 0.351 e. The van der Waals surface area contributed by atoms with Crippen molar-refractivity contribution in [3.8, 4) is 0 Å². The summed E-state index contributed by atoms with van der Waals surface area (Å²) in [6.07, 6.45) is 5.40. The van der Waals surface area contributed by atoms with E-state index in [1.165, 1.54) is 22.3 Å². The van der Waals surface area contributed by atoms with Gasteiger partial charge in [-0.15, -0.1) is 0 Å². The lowest BCUT2D eigenvalue weighted by molar-refractivity contribution is 0.761. The summed E-state index contributed by atoms with van der Waals surface area (Å²) in [5.41, 5.74) is 5.66. The van der Waals surface area contributed by atoms with E-state index in [0.717, 1.165) is 12.8 Å². The SMILES string of the molecule is Cc1cc2c(cc1C)CC(Nc1nc[c]cn1)C2. The van der Waals surface area contributed by atoms with Gasteiger partial charge in [-0.1, -0.05) is 12.1 Å². The molecule has 0 spiro atoms. The van der Waals surface area contributed by atoms with E-state index in [-0.39, 0.29) is 0 Å². The summed E-state index contributed by atoms with van der Waals surface area (Å²) in [5.74, 6) is 0.694. The van der Waals surface area contributed by atoms with Crippen molar-refractivity contribution in [1.82, 2.24) is 9.97 Å². The monoisotopic (exact) mass is 238 g/mol. The van der Waals surface area contributed by atoms with Crippen molar-refractivity contribution in [2.24, 2.45) is 0 Å². The number of aryl methyl sites for hydroxylation is 2. The molecule has 3 rings (SSSR count). The molecule has 0 amide bonds. The van der Waals surface area contributed by atoms with Gasteiger partial charge in [0, 0.05) is 24.5 Å². The molecular formula is C15H16N3. The molecule has 3 heteroatoms. The van der Waals surface area contributed by atoms with Gasteiger partial charge in [0.05, 0.1) is 0 Å². The first kappa shape index (κ1) is 11.2. The minimum Gasteiger partial charge on any atom is -0.351 e. The topological polar surface area (TPSA) is 37.8 Å². The Hall–Kier alpha value is -1.90. The molecule has 1 radical (unpaired) electrons. The summed E-state index contributed by atoms with van der Waals surface area (Å²) in [4.78, 5) is 8.32. The maximum absolute atomic E-state index is 4.16. The molecule has 1 N–H and O–H groups in total. The number of nitrogens with zero attached hydrogens (tertiary/aromatic N) is 2. The Labute approximate surface area is 107 Å². The second-order valence-electron chi connectivity index (χ2n) is 4.96. The first-order valence-electron chi connectivity index (χ1n) is 6.26. The van der Waals surface area contributed by atoms with Crippen LogP contribution >= 0.6 is 0 Å². The Bertz CT molecular complexity index is 532. The Kier molecular flexibility index (Phi) is 2.74. The van der Waals surface area contributed by atoms with E-state index in [2.05, 4.69) is 47.3 Å². The van der Waals surface area contributed by atoms with Gasteiger partial charge >= 0.3 is 0 Å². The van der Waals surface area contributed by atoms with Gasteiger partial charge in [0.2, 0.25) is 5.95 Å². The van der Waals surface area contributed by atoms with Crippen LogP contribution in [-0.2, 0) is 12.8 Å². The number of benzene rings is 1. The molecule has 18 heavy (non-hydrogen) atoms. The predicted molar refractivity (Wildman–Crippen MR) is 71.6 cm³/mol. The molecule has 0 aliphatic heterocycles. The van der Waals surface area contributed by atoms with Crippen molar-refractivity contribution >= 4 is 5.95 Å². The highest BCUT2D eigenvalue weighted by atomic mass is 15.1. The standard InChI is InChI=1S/C15H16N3/c1-10-6-12-8-14(9-13(12)7-11(10)2)18-15-16-4-3-5-17-15/h4-7,14H,8-9H2,1-2H3,(H,16,17,18). The van der Waals surface area contributed by atoms with E-state index in [1.54, 1.807) is 12.4 Å². The van der Waals surface area contributed by atoms with Crippen LogP contribution in [0.1, 0.15) is 22.3 Å². The molecular weight excluding hydrogens is 222 g/mol. The molecule has 1 aromatic carbocycles. The molecule has 1 heterocycles. The van der Waals surface area contributed by atoms with Crippen LogP contribution < -0.4 is 5.32 Å². The summed E-state index contributed by atoms with van der Waals surface area (Å²) in [6.45, 7) is 4.35. The summed E-state index contributed by atoms with van der Waals surface area (Å²) >= 11 is 0. The molecule has 91 valence electrons. The van der Waals surface area contributed by atoms with Gasteiger partial charge in [-0.3, -0.25) is 0 Å². The van der Waals surface area contributed by atoms with Gasteiger partial charge in [0.25, 0.3) is 0 Å². The molecule has 1 aliphatic rings. The smallest absolute Gasteiger partial charge is 0.222 e. The molecule has 1 aliphatic carbocycles. The van der Waals surface area contributed by atoms with Crippen LogP contribution in [-0.4, -0.2) is 16.0 Å². The number of anilines is 1. The summed E-state index contributed by atoms with van der Waals surface area (Å²) in [6, 6.07) is 7.86. The number of hydrogen-bond donors (Lipinski definition) is 1. The molecule has 0 unspecified atom stereocenters. The summed E-state index contributed by atoms with van der Waals surface area (Å²) < 4.78 is 0. The quantitative estimate of drug-likeness (QED) is 0.873. The molecule has 0 saturated heterocycles. The fraction of sp³-hybridized carbons (Fsp3) is 0.333. The van der Waals surface area contributed by atoms with Gasteiger partial charge < -0.3 is 5.32 Å². The van der Waals surface area contributed by atoms with E-state index in [1.807, 2.05) is 0 Å². The number of hydrogen-bond acceptors (Lipinski definition) is 3. The van der Waals surface area contributed by atoms with Crippen molar-refractivity contribution in [2.75, 3.05) is 5.32 Å². The Balaban J connectivity index is 1.77. The third-order valence-electron chi connectivity index (χ3n) is 3.60. The van der Waals surface area contributed by atoms with Crippen molar-refractivity contribution in [2.45, 2.75) is 32.7 Å². The molecule has 0 bridgehead atoms. The molecule has 1 aromatic heterocycles. The van der Waals surface area contributed by atoms with E-state index in [4.69, 9.17) is 0 Å². The zero-order valence-corrected chi connectivity index (χ0v) is 10.7. The third-order valence-corrected chi connectivity index (χ3v) is 3.60. The number of rotatable bonds is 2. The van der Waals surface area contributed by atoms with Crippen molar-refractivity contribution in [3.63, 3.8) is 0 Å². The van der Waals surface area contributed by atoms with Gasteiger partial charge in [-0.05, 0) is 48.9 Å². The molecule has 0 saturated carbocycles. The average molecular weight is 238 g/mol. The zero-order valence-electron chi connectivity index (χ0n) is 10.7. The van der Waals surface area contributed by atoms with Crippen LogP contribution in [0.2, 0.25) is 0 Å². The number of fused-ring (bicyclic) bond motifs is 1. The first-order valence-corrected chi connectivity index (χ1v) is 6.26. The number of nitrogens with one attached hydrogen (secondary N) is 1. The van der Waals surface area contributed by atoms with Gasteiger partial charge in [0.1, 0.15) is 0 Å². The van der Waals surface area contributed by atoms with E-state index in [9.17, 15) is 0 Å². The van der Waals surface area contributed by atoms with Crippen molar-refractivity contribution in [1.29, 1.82) is 0 Å². The third kappa shape index (κ3) is 2.08. The van der Waals surface area contributed by atoms with E-state index >= 15 is 0 Å². The maximum Gasteiger partial charge on any atom is 0.222 e. The minimum atomic E-state index is 0.406. The Morgan fingerprint density at radius 2 is 1.61 bits per heavy atom. The lowest BCUT2D eigenvalue weighted by Gasteiger charge is -2.10. The van der Waals surface area contributed by atoms with Crippen LogP contribution in [0.15, 0.2) is 24.5 Å². The Morgan fingerprint density at radius 3 is 2.17 bits per heavy atom. The maximum atomic E-state index is 4.16. The van der Waals surface area contributed by atoms with Crippen LogP contribution in [0.4, 0.5) is 5.95 Å². The van der Waals surface area contributed by atoms with Crippen LogP contribution in [0.25, 0.3) is 0 Å². The second-order valence-corrected chi connectivity index (χ2v) is 4.96. The molecule has 2 aromatic rings. The van der Waals surface area contributed by atoms with Gasteiger partial charge in [-0.2, -0.15) is 0 Å². The summed E-state index contributed by atoms with van der Waals surface area (Å²) in [7, 11) is 0. The normalized spacial score (nSPS) is 14.6. The Morgan fingerprint density at radius 1 is 1.06 bits per heavy atom. The van der Waals surface area contributed by atoms with Gasteiger partial charge in [0.15, 0.2) is 0 Å². The lowest BCUT2D eigenvalue weighted by atomic mass is 10.0. The predicted octanol–water partition coefficient (Wildman–Crippen LogP) is 2.47. The van der Waals surface area contributed by atoms with E-state index < -0.39 is 0 Å². The molecule has 0 fully saturated rings. The fourth-order valence-corrected chi connectivity index (χ4v) is 2.54. The van der Waals surface area contributed by atoms with E-state index in [0.29, 0.717) is 12.0 Å². The van der Waals surface area contributed by atoms with Crippen molar-refractivity contribution in [3.05, 3.63) is 52.8 Å². The lowest BCUT2D eigenvalue weighted by Crippen LogP contribution is -2.20. The zero-order chi connectivity index (χ0) is 12.5. The number of aromatic nitrogens is 2. The van der Waals surface area contributed by atoms with Crippen LogP contribution in [0.3, 0.4) is 0 Å².